The van der Waals surface area contributed by atoms with Crippen LogP contribution in [0.15, 0.2) is 18.2 Å². The Morgan fingerprint density at radius 1 is 1.20 bits per heavy atom. The Balaban J connectivity index is 2.37. The zero-order chi connectivity index (χ0) is 14.8. The number of piperidine rings is 1. The summed E-state index contributed by atoms with van der Waals surface area (Å²) in [7, 11) is 0. The third-order valence-electron chi connectivity index (χ3n) is 4.42. The van der Waals surface area contributed by atoms with Crippen LogP contribution in [0.2, 0.25) is 0 Å². The first-order valence-corrected chi connectivity index (χ1v) is 7.24. The maximum Gasteiger partial charge on any atom is 0.188 e. The van der Waals surface area contributed by atoms with Gasteiger partial charge in [0.25, 0.3) is 0 Å². The summed E-state index contributed by atoms with van der Waals surface area (Å²) in [6.07, 6.45) is 3.75. The molecule has 1 aliphatic heterocycles. The molecule has 1 unspecified atom stereocenters. The Hall–Kier alpha value is -1.29. The van der Waals surface area contributed by atoms with E-state index >= 15 is 0 Å². The number of hydrogen-bond donors (Lipinski definition) is 0. The average molecular weight is 281 g/mol. The largest absolute Gasteiger partial charge is 0.292 e. The van der Waals surface area contributed by atoms with E-state index in [4.69, 9.17) is 0 Å². The number of ketones is 1. The molecule has 0 aliphatic carbocycles. The summed E-state index contributed by atoms with van der Waals surface area (Å²) in [5.74, 6) is -1.99. The van der Waals surface area contributed by atoms with Crippen LogP contribution in [0, 0.1) is 11.6 Å². The predicted molar refractivity (Wildman–Crippen MR) is 74.8 cm³/mol. The Morgan fingerprint density at radius 3 is 2.25 bits per heavy atom. The predicted octanol–water partition coefficient (Wildman–Crippen LogP) is 3.80. The van der Waals surface area contributed by atoms with Gasteiger partial charge in [-0.2, -0.15) is 0 Å². The minimum Gasteiger partial charge on any atom is -0.292 e. The van der Waals surface area contributed by atoms with Gasteiger partial charge in [-0.1, -0.05) is 19.4 Å². The lowest BCUT2D eigenvalue weighted by atomic mass is 9.85. The molecule has 4 heteroatoms. The monoisotopic (exact) mass is 281 g/mol. The lowest BCUT2D eigenvalue weighted by Crippen LogP contribution is -2.54. The fourth-order valence-corrected chi connectivity index (χ4v) is 2.90. The molecule has 1 aliphatic rings. The highest BCUT2D eigenvalue weighted by Crippen LogP contribution is 2.29. The molecule has 0 N–H and O–H groups in total. The van der Waals surface area contributed by atoms with Crippen LogP contribution >= 0.6 is 0 Å². The van der Waals surface area contributed by atoms with Crippen molar-refractivity contribution >= 4 is 5.78 Å². The molecule has 1 aromatic rings. The van der Waals surface area contributed by atoms with Crippen LogP contribution in [-0.2, 0) is 0 Å². The molecule has 1 atom stereocenters. The number of nitrogens with zero attached hydrogens (tertiary/aromatic N) is 1. The van der Waals surface area contributed by atoms with Crippen LogP contribution in [0.5, 0.6) is 0 Å². The minimum atomic E-state index is -0.830. The summed E-state index contributed by atoms with van der Waals surface area (Å²) in [5, 5.41) is 0. The van der Waals surface area contributed by atoms with E-state index < -0.39 is 28.5 Å². The van der Waals surface area contributed by atoms with E-state index in [1.54, 1.807) is 6.92 Å². The molecule has 0 bridgehead atoms. The van der Waals surface area contributed by atoms with E-state index in [2.05, 4.69) is 4.90 Å². The first-order chi connectivity index (χ1) is 9.50. The standard InChI is InChI=1S/C16H21F2NO/c1-3-16(2,19-10-5-4-6-11-19)15(20)14-12(17)8-7-9-13(14)18/h7-9H,3-6,10-11H2,1-2H3. The third-order valence-corrected chi connectivity index (χ3v) is 4.42. The quantitative estimate of drug-likeness (QED) is 0.782. The maximum absolute atomic E-state index is 13.9. The van der Waals surface area contributed by atoms with Crippen LogP contribution < -0.4 is 0 Å². The highest BCUT2D eigenvalue weighted by Gasteiger charge is 2.40. The van der Waals surface area contributed by atoms with E-state index in [-0.39, 0.29) is 0 Å². The normalized spacial score (nSPS) is 19.6. The van der Waals surface area contributed by atoms with E-state index in [0.717, 1.165) is 44.5 Å². The second-order valence-electron chi connectivity index (χ2n) is 5.60. The van der Waals surface area contributed by atoms with Crippen molar-refractivity contribution < 1.29 is 13.6 Å². The van der Waals surface area contributed by atoms with Crippen molar-refractivity contribution in [1.29, 1.82) is 0 Å². The second kappa shape index (κ2) is 6.00. The van der Waals surface area contributed by atoms with Gasteiger partial charge in [-0.05, 0) is 51.4 Å². The molecule has 0 aromatic heterocycles. The smallest absolute Gasteiger partial charge is 0.188 e. The lowest BCUT2D eigenvalue weighted by molar-refractivity contribution is 0.0497. The van der Waals surface area contributed by atoms with Gasteiger partial charge >= 0.3 is 0 Å². The molecular formula is C16H21F2NO. The van der Waals surface area contributed by atoms with Crippen LogP contribution in [0.25, 0.3) is 0 Å². The fraction of sp³-hybridized carbons (Fsp3) is 0.562. The Kier molecular flexibility index (Phi) is 4.53. The highest BCUT2D eigenvalue weighted by molar-refractivity contribution is 6.03. The lowest BCUT2D eigenvalue weighted by Gasteiger charge is -2.41. The molecule has 2 nitrogen and oxygen atoms in total. The van der Waals surface area contributed by atoms with Crippen LogP contribution in [0.1, 0.15) is 49.9 Å². The van der Waals surface area contributed by atoms with Gasteiger partial charge in [0.15, 0.2) is 5.78 Å². The molecule has 0 radical (unpaired) electrons. The molecule has 0 spiro atoms. The highest BCUT2D eigenvalue weighted by atomic mass is 19.1. The van der Waals surface area contributed by atoms with Crippen molar-refractivity contribution in [2.75, 3.05) is 13.1 Å². The number of hydrogen-bond acceptors (Lipinski definition) is 2. The molecule has 20 heavy (non-hydrogen) atoms. The number of benzene rings is 1. The number of carbonyl (C=O) groups is 1. The van der Waals surface area contributed by atoms with Crippen LogP contribution in [0.3, 0.4) is 0 Å². The SMILES string of the molecule is CCC(C)(C(=O)c1c(F)cccc1F)N1CCCCC1. The van der Waals surface area contributed by atoms with Crippen molar-refractivity contribution in [1.82, 2.24) is 4.90 Å². The topological polar surface area (TPSA) is 20.3 Å². The van der Waals surface area contributed by atoms with Gasteiger partial charge in [-0.3, -0.25) is 9.69 Å². The van der Waals surface area contributed by atoms with Crippen molar-refractivity contribution in [2.45, 2.75) is 45.1 Å². The summed E-state index contributed by atoms with van der Waals surface area (Å²) in [6, 6.07) is 3.57. The van der Waals surface area contributed by atoms with Crippen LogP contribution in [-0.4, -0.2) is 29.3 Å². The maximum atomic E-state index is 13.9. The van der Waals surface area contributed by atoms with Crippen LogP contribution in [0.4, 0.5) is 8.78 Å². The summed E-state index contributed by atoms with van der Waals surface area (Å²) < 4.78 is 27.7. The van der Waals surface area contributed by atoms with Crippen molar-refractivity contribution in [3.05, 3.63) is 35.4 Å². The molecular weight excluding hydrogens is 260 g/mol. The zero-order valence-electron chi connectivity index (χ0n) is 12.1. The van der Waals surface area contributed by atoms with E-state index in [0.29, 0.717) is 6.42 Å². The van der Waals surface area contributed by atoms with E-state index in [1.807, 2.05) is 6.92 Å². The van der Waals surface area contributed by atoms with E-state index in [9.17, 15) is 13.6 Å². The number of Topliss-reactive ketones (excluding diaryl/α,β-unsaturated/α-hetero) is 1. The van der Waals surface area contributed by atoms with Gasteiger partial charge in [-0.25, -0.2) is 8.78 Å². The zero-order valence-corrected chi connectivity index (χ0v) is 12.1. The molecule has 1 fully saturated rings. The second-order valence-corrected chi connectivity index (χ2v) is 5.60. The fourth-order valence-electron chi connectivity index (χ4n) is 2.90. The minimum absolute atomic E-state index is 0.401. The Morgan fingerprint density at radius 2 is 1.75 bits per heavy atom. The summed E-state index contributed by atoms with van der Waals surface area (Å²) in [4.78, 5) is 14.8. The van der Waals surface area contributed by atoms with Gasteiger partial charge in [0.2, 0.25) is 0 Å². The molecule has 110 valence electrons. The average Bonchev–Trinajstić information content (AvgIpc) is 2.47. The summed E-state index contributed by atoms with van der Waals surface area (Å²) >= 11 is 0. The van der Waals surface area contributed by atoms with Gasteiger partial charge in [0.05, 0.1) is 11.1 Å². The van der Waals surface area contributed by atoms with Crippen molar-refractivity contribution in [3.63, 3.8) is 0 Å². The summed E-state index contributed by atoms with van der Waals surface area (Å²) in [5.41, 5.74) is -1.23. The molecule has 0 saturated carbocycles. The van der Waals surface area contributed by atoms with Crippen molar-refractivity contribution in [2.24, 2.45) is 0 Å². The molecule has 1 aromatic carbocycles. The number of halogens is 2. The van der Waals surface area contributed by atoms with Gasteiger partial charge in [0, 0.05) is 0 Å². The van der Waals surface area contributed by atoms with Gasteiger partial charge < -0.3 is 0 Å². The van der Waals surface area contributed by atoms with E-state index in [1.165, 1.54) is 6.07 Å². The first kappa shape index (κ1) is 15.1. The number of rotatable bonds is 4. The third kappa shape index (κ3) is 2.62. The Labute approximate surface area is 118 Å². The molecule has 1 heterocycles. The number of carbonyl (C=O) groups excluding carboxylic acids is 1. The number of likely N-dealkylation sites (tertiary alicyclic amines) is 1. The molecule has 2 rings (SSSR count). The van der Waals surface area contributed by atoms with Gasteiger partial charge in [0.1, 0.15) is 11.6 Å². The van der Waals surface area contributed by atoms with Gasteiger partial charge in [-0.15, -0.1) is 0 Å². The molecule has 0 amide bonds. The first-order valence-electron chi connectivity index (χ1n) is 7.24. The molecule has 1 saturated heterocycles. The summed E-state index contributed by atoms with van der Waals surface area (Å²) in [6.45, 7) is 5.32. The van der Waals surface area contributed by atoms with Crippen molar-refractivity contribution in [3.8, 4) is 0 Å². The Bertz CT molecular complexity index is 477.